The molecule has 0 unspecified atom stereocenters. The van der Waals surface area contributed by atoms with E-state index in [0.717, 1.165) is 18.2 Å². The van der Waals surface area contributed by atoms with Gasteiger partial charge in [0, 0.05) is 37.3 Å². The number of carbonyl (C=O) groups is 2. The number of hydrogen-bond donors (Lipinski definition) is 0. The second-order valence-electron chi connectivity index (χ2n) is 7.09. The van der Waals surface area contributed by atoms with Crippen LogP contribution >= 0.6 is 0 Å². The first-order chi connectivity index (χ1) is 13.7. The molecule has 0 aromatic heterocycles. The van der Waals surface area contributed by atoms with Crippen LogP contribution in [0.5, 0.6) is 5.75 Å². The van der Waals surface area contributed by atoms with Gasteiger partial charge in [-0.2, -0.15) is 0 Å². The first kappa shape index (κ1) is 20.7. The fourth-order valence-corrected chi connectivity index (χ4v) is 3.66. The molecule has 29 heavy (non-hydrogen) atoms. The number of carbonyl (C=O) groups excluding carboxylic acids is 2. The van der Waals surface area contributed by atoms with Crippen molar-refractivity contribution in [3.05, 3.63) is 65.0 Å². The molecule has 2 aromatic carbocycles. The predicted molar refractivity (Wildman–Crippen MR) is 100 cm³/mol. The van der Waals surface area contributed by atoms with Crippen LogP contribution in [0.3, 0.4) is 0 Å². The minimum Gasteiger partial charge on any atom is -0.497 e. The van der Waals surface area contributed by atoms with Crippen LogP contribution in [0.4, 0.5) is 13.2 Å². The van der Waals surface area contributed by atoms with E-state index in [9.17, 15) is 22.8 Å². The van der Waals surface area contributed by atoms with Gasteiger partial charge in [0.15, 0.2) is 0 Å². The summed E-state index contributed by atoms with van der Waals surface area (Å²) < 4.78 is 46.4. The summed E-state index contributed by atoms with van der Waals surface area (Å²) in [5.74, 6) is -3.17. The Bertz CT molecular complexity index is 939. The van der Waals surface area contributed by atoms with Gasteiger partial charge in [-0.05, 0) is 38.1 Å². The first-order valence-electron chi connectivity index (χ1n) is 9.13. The molecule has 1 aliphatic heterocycles. The molecule has 2 aromatic rings. The summed E-state index contributed by atoms with van der Waals surface area (Å²) in [6.07, 6.45) is 0. The predicted octanol–water partition coefficient (Wildman–Crippen LogP) is 3.49. The van der Waals surface area contributed by atoms with E-state index in [1.165, 1.54) is 29.0 Å². The molecule has 2 atom stereocenters. The van der Waals surface area contributed by atoms with Crippen LogP contribution in [-0.2, 0) is 0 Å². The lowest BCUT2D eigenvalue weighted by molar-refractivity contribution is 0.0249. The van der Waals surface area contributed by atoms with Gasteiger partial charge in [-0.25, -0.2) is 13.2 Å². The average Bonchev–Trinajstić information content (AvgIpc) is 2.66. The van der Waals surface area contributed by atoms with Crippen LogP contribution < -0.4 is 4.74 Å². The molecule has 0 spiro atoms. The Morgan fingerprint density at radius 1 is 0.897 bits per heavy atom. The van der Waals surface area contributed by atoms with Crippen molar-refractivity contribution >= 4 is 11.8 Å². The Morgan fingerprint density at radius 2 is 1.45 bits per heavy atom. The molecule has 0 radical (unpaired) electrons. The number of rotatable bonds is 3. The largest absolute Gasteiger partial charge is 0.497 e. The smallest absolute Gasteiger partial charge is 0.257 e. The van der Waals surface area contributed by atoms with E-state index >= 15 is 0 Å². The van der Waals surface area contributed by atoms with Gasteiger partial charge in [0.25, 0.3) is 11.8 Å². The highest BCUT2D eigenvalue weighted by atomic mass is 19.1. The number of halogens is 3. The fraction of sp³-hybridized carbons (Fsp3) is 0.333. The molecule has 2 amide bonds. The molecule has 0 aliphatic carbocycles. The number of benzene rings is 2. The molecular formula is C21H21F3N2O3. The van der Waals surface area contributed by atoms with Crippen molar-refractivity contribution in [2.75, 3.05) is 20.2 Å². The van der Waals surface area contributed by atoms with Gasteiger partial charge < -0.3 is 14.5 Å². The lowest BCUT2D eigenvalue weighted by atomic mass is 10.0. The van der Waals surface area contributed by atoms with Crippen molar-refractivity contribution < 1.29 is 27.5 Å². The van der Waals surface area contributed by atoms with Crippen LogP contribution in [0.25, 0.3) is 0 Å². The Balaban J connectivity index is 1.79. The summed E-state index contributed by atoms with van der Waals surface area (Å²) in [6.45, 7) is 3.75. The standard InChI is InChI=1S/C21H21F3N2O3/c1-12-10-25(20(27)16-6-4-14(22)8-18(16)23)11-13(2)26(12)21(28)17-7-5-15(29-3)9-19(17)24/h4-9,12-13H,10-11H2,1-3H3/t12-,13-/m1/s1. The number of piperazine rings is 1. The van der Waals surface area contributed by atoms with Gasteiger partial charge in [-0.1, -0.05) is 0 Å². The van der Waals surface area contributed by atoms with Crippen molar-refractivity contribution in [2.24, 2.45) is 0 Å². The fourth-order valence-electron chi connectivity index (χ4n) is 3.66. The lowest BCUT2D eigenvalue weighted by Gasteiger charge is -2.44. The molecule has 8 heteroatoms. The Hall–Kier alpha value is -3.03. The molecule has 3 rings (SSSR count). The number of hydrogen-bond acceptors (Lipinski definition) is 3. The Morgan fingerprint density at radius 3 is 2.00 bits per heavy atom. The number of ether oxygens (including phenoxy) is 1. The summed E-state index contributed by atoms with van der Waals surface area (Å²) in [7, 11) is 1.40. The van der Waals surface area contributed by atoms with Crippen molar-refractivity contribution in [1.82, 2.24) is 9.80 Å². The molecule has 0 saturated carbocycles. The molecule has 1 aliphatic rings. The maximum absolute atomic E-state index is 14.3. The number of amides is 2. The van der Waals surface area contributed by atoms with Crippen LogP contribution in [0.15, 0.2) is 36.4 Å². The van der Waals surface area contributed by atoms with Gasteiger partial charge in [-0.3, -0.25) is 9.59 Å². The van der Waals surface area contributed by atoms with Crippen molar-refractivity contribution in [3.8, 4) is 5.75 Å². The zero-order chi connectivity index (χ0) is 21.3. The highest BCUT2D eigenvalue weighted by molar-refractivity contribution is 5.96. The molecule has 1 saturated heterocycles. The Kier molecular flexibility index (Phi) is 5.81. The maximum Gasteiger partial charge on any atom is 0.257 e. The van der Waals surface area contributed by atoms with E-state index < -0.39 is 41.3 Å². The minimum atomic E-state index is -0.936. The number of nitrogens with zero attached hydrogens (tertiary/aromatic N) is 2. The second-order valence-corrected chi connectivity index (χ2v) is 7.09. The third-order valence-electron chi connectivity index (χ3n) is 5.01. The first-order valence-corrected chi connectivity index (χ1v) is 9.13. The SMILES string of the molecule is COc1ccc(C(=O)N2[C@H](C)CN(C(=O)c3ccc(F)cc3F)C[C@H]2C)c(F)c1. The summed E-state index contributed by atoms with van der Waals surface area (Å²) in [5, 5.41) is 0. The summed E-state index contributed by atoms with van der Waals surface area (Å²) >= 11 is 0. The zero-order valence-electron chi connectivity index (χ0n) is 16.3. The second kappa shape index (κ2) is 8.14. The Labute approximate surface area is 166 Å². The van der Waals surface area contributed by atoms with Crippen LogP contribution in [0.1, 0.15) is 34.6 Å². The monoisotopic (exact) mass is 406 g/mol. The molecular weight excluding hydrogens is 385 g/mol. The van der Waals surface area contributed by atoms with Gasteiger partial charge in [-0.15, -0.1) is 0 Å². The zero-order valence-corrected chi connectivity index (χ0v) is 16.3. The molecule has 5 nitrogen and oxygen atoms in total. The summed E-state index contributed by atoms with van der Waals surface area (Å²) in [6, 6.07) is 5.93. The van der Waals surface area contributed by atoms with E-state index in [4.69, 9.17) is 4.74 Å². The van der Waals surface area contributed by atoms with Crippen LogP contribution in [0.2, 0.25) is 0 Å². The lowest BCUT2D eigenvalue weighted by Crippen LogP contribution is -2.60. The normalized spacial score (nSPS) is 19.2. The van der Waals surface area contributed by atoms with Gasteiger partial charge in [0.05, 0.1) is 18.2 Å². The van der Waals surface area contributed by atoms with Crippen molar-refractivity contribution in [2.45, 2.75) is 25.9 Å². The highest BCUT2D eigenvalue weighted by Crippen LogP contribution is 2.24. The number of methoxy groups -OCH3 is 1. The third-order valence-corrected chi connectivity index (χ3v) is 5.01. The minimum absolute atomic E-state index is 0.0890. The van der Waals surface area contributed by atoms with Gasteiger partial charge >= 0.3 is 0 Å². The summed E-state index contributed by atoms with van der Waals surface area (Å²) in [5.41, 5.74) is -0.319. The van der Waals surface area contributed by atoms with Crippen molar-refractivity contribution in [1.29, 1.82) is 0 Å². The highest BCUT2D eigenvalue weighted by Gasteiger charge is 2.36. The van der Waals surface area contributed by atoms with Crippen LogP contribution in [-0.4, -0.2) is 53.9 Å². The molecule has 0 N–H and O–H groups in total. The van der Waals surface area contributed by atoms with E-state index in [-0.39, 0.29) is 24.2 Å². The van der Waals surface area contributed by atoms with E-state index in [0.29, 0.717) is 11.8 Å². The quantitative estimate of drug-likeness (QED) is 0.784. The molecule has 1 heterocycles. The average molecular weight is 406 g/mol. The maximum atomic E-state index is 14.3. The van der Waals surface area contributed by atoms with E-state index in [1.807, 2.05) is 0 Å². The van der Waals surface area contributed by atoms with E-state index in [2.05, 4.69) is 0 Å². The molecule has 0 bridgehead atoms. The molecule has 154 valence electrons. The molecule has 1 fully saturated rings. The summed E-state index contributed by atoms with van der Waals surface area (Å²) in [4.78, 5) is 28.5. The van der Waals surface area contributed by atoms with E-state index in [1.54, 1.807) is 13.8 Å². The van der Waals surface area contributed by atoms with Crippen molar-refractivity contribution in [3.63, 3.8) is 0 Å². The topological polar surface area (TPSA) is 49.9 Å². The van der Waals surface area contributed by atoms with Gasteiger partial charge in [0.1, 0.15) is 23.2 Å². The van der Waals surface area contributed by atoms with Gasteiger partial charge in [0.2, 0.25) is 0 Å². The third kappa shape index (κ3) is 4.06. The van der Waals surface area contributed by atoms with Crippen LogP contribution in [0, 0.1) is 17.5 Å².